The molecule has 1 unspecified atom stereocenters. The predicted molar refractivity (Wildman–Crippen MR) is 110 cm³/mol. The molecular formula is C20H22ClN2O5S+. The molecule has 0 saturated carbocycles. The number of aryl methyl sites for hydroxylation is 1. The molecule has 2 amide bonds. The van der Waals surface area contributed by atoms with Crippen LogP contribution in [0.3, 0.4) is 0 Å². The minimum absolute atomic E-state index is 0.0126. The number of nitrogens with one attached hydrogen (secondary N) is 1. The quantitative estimate of drug-likeness (QED) is 0.696. The number of halogens is 1. The molecular weight excluding hydrogens is 416 g/mol. The van der Waals surface area contributed by atoms with E-state index in [0.717, 1.165) is 0 Å². The number of anilines is 1. The molecule has 2 aromatic rings. The van der Waals surface area contributed by atoms with Crippen LogP contribution < -0.4 is 5.32 Å². The number of carboxylic acid groups (broad SMARTS) is 1. The first-order chi connectivity index (χ1) is 13.6. The van der Waals surface area contributed by atoms with Crippen molar-refractivity contribution in [3.63, 3.8) is 0 Å². The molecule has 0 radical (unpaired) electrons. The van der Waals surface area contributed by atoms with E-state index in [1.807, 2.05) is 0 Å². The first-order valence-corrected chi connectivity index (χ1v) is 11.0. The normalized spacial score (nSPS) is 21.7. The number of amides is 2. The van der Waals surface area contributed by atoms with Gasteiger partial charge in [-0.2, -0.15) is 13.2 Å². The van der Waals surface area contributed by atoms with E-state index < -0.39 is 32.0 Å². The second kappa shape index (κ2) is 7.78. The average molecular weight is 438 g/mol. The summed E-state index contributed by atoms with van der Waals surface area (Å²) < 4.78 is 26.1. The molecule has 2 atom stereocenters. The van der Waals surface area contributed by atoms with Gasteiger partial charge in [0.1, 0.15) is 17.5 Å². The van der Waals surface area contributed by atoms with Crippen LogP contribution in [0.2, 0.25) is 5.02 Å². The molecule has 7 nitrogen and oxygen atoms in total. The second-order valence-corrected chi connectivity index (χ2v) is 9.63. The zero-order valence-corrected chi connectivity index (χ0v) is 17.6. The lowest BCUT2D eigenvalue weighted by molar-refractivity contribution is -0.741. The average Bonchev–Trinajstić information content (AvgIpc) is 3.08. The third-order valence-corrected chi connectivity index (χ3v) is 8.26. The van der Waals surface area contributed by atoms with Crippen molar-refractivity contribution in [1.82, 2.24) is 0 Å². The summed E-state index contributed by atoms with van der Waals surface area (Å²) in [5.41, 5.74) is 0.920. The minimum atomic E-state index is -4.41. The number of nitrogens with zero attached hydrogens (tertiary/aromatic N) is 1. The number of hydrogen-bond donors (Lipinski definition) is 2. The molecule has 0 spiro atoms. The number of likely N-dealkylation sites (tertiary alicyclic amines) is 1. The fraction of sp³-hybridized carbons (Fsp3) is 0.300. The zero-order valence-electron chi connectivity index (χ0n) is 16.1. The molecule has 0 bridgehead atoms. The molecule has 1 aliphatic rings. The van der Waals surface area contributed by atoms with Gasteiger partial charge in [-0.25, -0.2) is 0 Å². The summed E-state index contributed by atoms with van der Waals surface area (Å²) >= 11 is 6.18. The maximum absolute atomic E-state index is 13.6. The van der Waals surface area contributed by atoms with Crippen molar-refractivity contribution >= 4 is 39.3 Å². The lowest BCUT2D eigenvalue weighted by Crippen LogP contribution is -2.58. The molecule has 1 aliphatic heterocycles. The Bertz CT molecular complexity index is 1070. The zero-order chi connectivity index (χ0) is 21.4. The highest BCUT2D eigenvalue weighted by Crippen LogP contribution is 2.40. The Morgan fingerprint density at radius 1 is 1.21 bits per heavy atom. The van der Waals surface area contributed by atoms with E-state index in [9.17, 15) is 23.1 Å². The van der Waals surface area contributed by atoms with Crippen LogP contribution in [0.4, 0.5) is 10.5 Å². The highest BCUT2D eigenvalue weighted by molar-refractivity contribution is 7.86. The highest BCUT2D eigenvalue weighted by Gasteiger charge is 2.58. The summed E-state index contributed by atoms with van der Waals surface area (Å²) in [6, 6.07) is 10.4. The van der Waals surface area contributed by atoms with Crippen molar-refractivity contribution in [2.24, 2.45) is 0 Å². The summed E-state index contributed by atoms with van der Waals surface area (Å²) in [5.74, 6) is -0.500. The third-order valence-electron chi connectivity index (χ3n) is 5.40. The van der Waals surface area contributed by atoms with Crippen LogP contribution in [-0.2, 0) is 10.0 Å². The van der Waals surface area contributed by atoms with Crippen molar-refractivity contribution in [1.29, 1.82) is 0 Å². The van der Waals surface area contributed by atoms with Crippen molar-refractivity contribution in [2.45, 2.75) is 37.6 Å². The van der Waals surface area contributed by atoms with Crippen molar-refractivity contribution < 1.29 is 27.0 Å². The van der Waals surface area contributed by atoms with Crippen molar-refractivity contribution in [2.75, 3.05) is 11.9 Å². The fourth-order valence-electron chi connectivity index (χ4n) is 3.73. The summed E-state index contributed by atoms with van der Waals surface area (Å²) in [4.78, 5) is 24.5. The lowest BCUT2D eigenvalue weighted by atomic mass is 10.2. The van der Waals surface area contributed by atoms with Gasteiger partial charge in [0, 0.05) is 23.4 Å². The Labute approximate surface area is 174 Å². The maximum Gasteiger partial charge on any atom is 0.529 e. The number of rotatable bonds is 4. The van der Waals surface area contributed by atoms with Crippen molar-refractivity contribution in [3.8, 4) is 0 Å². The monoisotopic (exact) mass is 437 g/mol. The molecule has 0 aromatic heterocycles. The Hall–Kier alpha value is -2.42. The smallest absolute Gasteiger partial charge is 0.435 e. The second-order valence-electron chi connectivity index (χ2n) is 7.19. The number of sulfonamides is 1. The Morgan fingerprint density at radius 3 is 2.41 bits per heavy atom. The highest BCUT2D eigenvalue weighted by atomic mass is 35.5. The number of hydrogen-bond acceptors (Lipinski definition) is 4. The van der Waals surface area contributed by atoms with Crippen LogP contribution in [0.5, 0.6) is 0 Å². The van der Waals surface area contributed by atoms with E-state index >= 15 is 0 Å². The van der Waals surface area contributed by atoms with E-state index in [2.05, 4.69) is 5.32 Å². The van der Waals surface area contributed by atoms with E-state index in [0.29, 0.717) is 24.0 Å². The molecule has 1 saturated heterocycles. The van der Waals surface area contributed by atoms with Gasteiger partial charge in [-0.3, -0.25) is 4.79 Å². The molecule has 9 heteroatoms. The van der Waals surface area contributed by atoms with Crippen LogP contribution in [0.25, 0.3) is 0 Å². The molecule has 0 aliphatic carbocycles. The topological polar surface area (TPSA) is 101 Å². The van der Waals surface area contributed by atoms with E-state index in [1.165, 1.54) is 12.1 Å². The maximum atomic E-state index is 13.6. The molecule has 3 rings (SSSR count). The molecule has 2 aromatic carbocycles. The molecule has 2 N–H and O–H groups in total. The van der Waals surface area contributed by atoms with Gasteiger partial charge in [-0.05, 0) is 43.7 Å². The first kappa shape index (κ1) is 21.3. The SMILES string of the molecule is Cc1cc(NC(=O)c2ccccc2)c(S(=O)(=O)[N+]2(C(=O)O)CCC[C@H]2C)cc1Cl. The third kappa shape index (κ3) is 3.52. The van der Waals surface area contributed by atoms with Gasteiger partial charge in [-0.15, -0.1) is 3.89 Å². The van der Waals surface area contributed by atoms with Crippen LogP contribution >= 0.6 is 11.6 Å². The van der Waals surface area contributed by atoms with E-state index in [1.54, 1.807) is 44.2 Å². The number of benzene rings is 2. The lowest BCUT2D eigenvalue weighted by Gasteiger charge is -2.31. The van der Waals surface area contributed by atoms with Gasteiger partial charge >= 0.3 is 16.1 Å². The molecule has 1 heterocycles. The van der Waals surface area contributed by atoms with Crippen molar-refractivity contribution in [3.05, 3.63) is 58.6 Å². The van der Waals surface area contributed by atoms with E-state index in [4.69, 9.17) is 11.6 Å². The Morgan fingerprint density at radius 2 is 1.86 bits per heavy atom. The number of carbonyl (C=O) groups is 2. The summed E-state index contributed by atoms with van der Waals surface area (Å²) in [6.45, 7) is 3.24. The molecule has 1 fully saturated rings. The molecule has 154 valence electrons. The van der Waals surface area contributed by atoms with Gasteiger partial charge in [0.05, 0.1) is 5.69 Å². The Kier molecular flexibility index (Phi) is 5.71. The van der Waals surface area contributed by atoms with Gasteiger partial charge in [-0.1, -0.05) is 29.8 Å². The Balaban J connectivity index is 2.15. The van der Waals surface area contributed by atoms with Gasteiger partial charge in [0.2, 0.25) is 0 Å². The van der Waals surface area contributed by atoms with Gasteiger partial charge in [0.15, 0.2) is 0 Å². The fourth-order valence-corrected chi connectivity index (χ4v) is 6.12. The van der Waals surface area contributed by atoms with E-state index in [-0.39, 0.29) is 22.2 Å². The summed E-state index contributed by atoms with van der Waals surface area (Å²) in [7, 11) is -4.41. The van der Waals surface area contributed by atoms with Crippen LogP contribution in [-0.4, -0.2) is 42.0 Å². The largest absolute Gasteiger partial charge is 0.529 e. The van der Waals surface area contributed by atoms with Crippen LogP contribution in [0.15, 0.2) is 47.4 Å². The van der Waals surface area contributed by atoms with Gasteiger partial charge in [0.25, 0.3) is 5.91 Å². The summed E-state index contributed by atoms with van der Waals surface area (Å²) in [6.07, 6.45) is -0.499. The van der Waals surface area contributed by atoms with Gasteiger partial charge < -0.3 is 10.4 Å². The standard InChI is InChI=1S/C20H21ClN2O5S/c1-13-11-17(22-19(24)15-8-4-3-5-9-15)18(12-16(13)21)29(27,28)23(20(25)26)10-6-7-14(23)2/h3-5,8-9,11-12,14H,6-7,10H2,1-2H3,(H-,22,24,25,26)/p+1/t14-,23?/m1/s1. The number of carbonyl (C=O) groups excluding carboxylic acids is 1. The van der Waals surface area contributed by atoms with Crippen LogP contribution in [0.1, 0.15) is 35.7 Å². The summed E-state index contributed by atoms with van der Waals surface area (Å²) in [5, 5.41) is 12.7. The first-order valence-electron chi connectivity index (χ1n) is 9.14. The number of quaternary nitrogens is 1. The predicted octanol–water partition coefficient (Wildman–Crippen LogP) is 4.27. The molecule has 29 heavy (non-hydrogen) atoms. The van der Waals surface area contributed by atoms with Crippen LogP contribution in [0, 0.1) is 6.92 Å². The minimum Gasteiger partial charge on any atom is -0.435 e.